The van der Waals surface area contributed by atoms with Crippen molar-refractivity contribution in [2.24, 2.45) is 5.92 Å². The molecule has 0 spiro atoms. The molecule has 0 bridgehead atoms. The zero-order valence-electron chi connectivity index (χ0n) is 12.3. The van der Waals surface area contributed by atoms with Crippen molar-refractivity contribution < 1.29 is 17.9 Å². The topological polar surface area (TPSA) is 57.6 Å². The van der Waals surface area contributed by atoms with Gasteiger partial charge >= 0.3 is 0 Å². The Morgan fingerprint density at radius 1 is 1.27 bits per heavy atom. The number of nitrogens with zero attached hydrogens (tertiary/aromatic N) is 1. The highest BCUT2D eigenvalue weighted by Crippen LogP contribution is 2.32. The van der Waals surface area contributed by atoms with Gasteiger partial charge in [-0.3, -0.25) is 4.39 Å². The summed E-state index contributed by atoms with van der Waals surface area (Å²) in [4.78, 5) is 0. The van der Waals surface area contributed by atoms with Crippen molar-refractivity contribution in [3.8, 4) is 0 Å². The Morgan fingerprint density at radius 2 is 1.86 bits per heavy atom. The standard InChI is InChI=1S/C15H21ClFNO3S/c16-14-4-2-12(3-5-14)15(19)13-6-9-18(10-7-13)22(20,21)11-1-8-17/h2-5,13,15,19H,1,6-11H2/t15-/m0/s1. The van der Waals surface area contributed by atoms with Gasteiger partial charge in [0.15, 0.2) is 0 Å². The Hall–Kier alpha value is -0.690. The zero-order valence-corrected chi connectivity index (χ0v) is 13.9. The van der Waals surface area contributed by atoms with Crippen LogP contribution in [0.3, 0.4) is 0 Å². The molecule has 0 aliphatic carbocycles. The SMILES string of the molecule is O=S(=O)(CCCF)N1CCC([C@@H](O)c2ccc(Cl)cc2)CC1. The van der Waals surface area contributed by atoms with E-state index in [1.165, 1.54) is 4.31 Å². The first-order valence-electron chi connectivity index (χ1n) is 7.41. The summed E-state index contributed by atoms with van der Waals surface area (Å²) < 4.78 is 37.6. The van der Waals surface area contributed by atoms with Crippen LogP contribution in [-0.4, -0.2) is 43.3 Å². The highest BCUT2D eigenvalue weighted by atomic mass is 35.5. The Morgan fingerprint density at radius 3 is 2.41 bits per heavy atom. The van der Waals surface area contributed by atoms with Gasteiger partial charge in [-0.1, -0.05) is 23.7 Å². The minimum Gasteiger partial charge on any atom is -0.388 e. The molecule has 1 heterocycles. The maximum Gasteiger partial charge on any atom is 0.214 e. The van der Waals surface area contributed by atoms with Crippen molar-refractivity contribution in [2.45, 2.75) is 25.4 Å². The van der Waals surface area contributed by atoms with Gasteiger partial charge in [0, 0.05) is 18.1 Å². The monoisotopic (exact) mass is 349 g/mol. The van der Waals surface area contributed by atoms with E-state index < -0.39 is 22.8 Å². The molecule has 1 fully saturated rings. The summed E-state index contributed by atoms with van der Waals surface area (Å²) >= 11 is 5.83. The minimum absolute atomic E-state index is 0.0220. The second-order valence-corrected chi connectivity index (χ2v) is 8.12. The first-order chi connectivity index (χ1) is 10.4. The maximum atomic E-state index is 12.1. The molecule has 1 atom stereocenters. The van der Waals surface area contributed by atoms with Crippen LogP contribution in [-0.2, 0) is 10.0 Å². The number of aliphatic hydroxyl groups excluding tert-OH is 1. The van der Waals surface area contributed by atoms with Gasteiger partial charge in [-0.25, -0.2) is 12.7 Å². The molecule has 1 N–H and O–H groups in total. The lowest BCUT2D eigenvalue weighted by Gasteiger charge is -2.33. The average molecular weight is 350 g/mol. The lowest BCUT2D eigenvalue weighted by atomic mass is 9.88. The summed E-state index contributed by atoms with van der Waals surface area (Å²) in [6.07, 6.45) is 0.611. The van der Waals surface area contributed by atoms with Gasteiger partial charge in [-0.05, 0) is 42.9 Å². The van der Waals surface area contributed by atoms with Crippen LogP contribution < -0.4 is 0 Å². The van der Waals surface area contributed by atoms with E-state index in [0.29, 0.717) is 31.0 Å². The Bertz CT molecular complexity index is 571. The first-order valence-corrected chi connectivity index (χ1v) is 9.40. The lowest BCUT2D eigenvalue weighted by molar-refractivity contribution is 0.0760. The second kappa shape index (κ2) is 7.73. The Kier molecular flexibility index (Phi) is 6.20. The molecule has 0 radical (unpaired) electrons. The Balaban J connectivity index is 1.93. The fraction of sp³-hybridized carbons (Fsp3) is 0.600. The molecule has 0 saturated carbocycles. The minimum atomic E-state index is -3.37. The predicted molar refractivity (Wildman–Crippen MR) is 85.1 cm³/mol. The molecule has 1 aromatic rings. The highest BCUT2D eigenvalue weighted by Gasteiger charge is 2.31. The van der Waals surface area contributed by atoms with Gasteiger partial charge in [0.1, 0.15) is 0 Å². The molecule has 1 aromatic carbocycles. The predicted octanol–water partition coefficient (Wildman–Crippen LogP) is 2.77. The first kappa shape index (κ1) is 17.7. The Labute approximate surface area is 135 Å². The van der Waals surface area contributed by atoms with Gasteiger partial charge in [-0.2, -0.15) is 0 Å². The van der Waals surface area contributed by atoms with E-state index in [-0.39, 0.29) is 18.1 Å². The lowest BCUT2D eigenvalue weighted by Crippen LogP contribution is -2.40. The molecular weight excluding hydrogens is 329 g/mol. The average Bonchev–Trinajstić information content (AvgIpc) is 2.53. The number of hydrogen-bond acceptors (Lipinski definition) is 3. The van der Waals surface area contributed by atoms with Crippen LogP contribution in [0.1, 0.15) is 30.9 Å². The summed E-state index contributed by atoms with van der Waals surface area (Å²) in [7, 11) is -3.37. The second-order valence-electron chi connectivity index (χ2n) is 5.59. The van der Waals surface area contributed by atoms with Crippen LogP contribution in [0, 0.1) is 5.92 Å². The fourth-order valence-corrected chi connectivity index (χ4v) is 4.39. The van der Waals surface area contributed by atoms with Crippen molar-refractivity contribution >= 4 is 21.6 Å². The zero-order chi connectivity index (χ0) is 16.2. The third kappa shape index (κ3) is 4.41. The van der Waals surface area contributed by atoms with Gasteiger partial charge in [0.25, 0.3) is 0 Å². The normalized spacial score (nSPS) is 19.2. The quantitative estimate of drug-likeness (QED) is 0.859. The molecule has 124 valence electrons. The fourth-order valence-electron chi connectivity index (χ4n) is 2.77. The number of piperidine rings is 1. The number of alkyl halides is 1. The van der Waals surface area contributed by atoms with E-state index in [0.717, 1.165) is 5.56 Å². The summed E-state index contributed by atoms with van der Waals surface area (Å²) in [6.45, 7) is 0.138. The molecule has 0 aromatic heterocycles. The summed E-state index contributed by atoms with van der Waals surface area (Å²) in [6, 6.07) is 7.04. The highest BCUT2D eigenvalue weighted by molar-refractivity contribution is 7.89. The smallest absolute Gasteiger partial charge is 0.214 e. The molecule has 7 heteroatoms. The van der Waals surface area contributed by atoms with Gasteiger partial charge in [0.2, 0.25) is 10.0 Å². The van der Waals surface area contributed by atoms with Crippen molar-refractivity contribution in [2.75, 3.05) is 25.5 Å². The number of halogens is 2. The van der Waals surface area contributed by atoms with E-state index in [1.54, 1.807) is 24.3 Å². The molecule has 0 amide bonds. The van der Waals surface area contributed by atoms with Crippen LogP contribution in [0.4, 0.5) is 4.39 Å². The number of benzene rings is 1. The summed E-state index contributed by atoms with van der Waals surface area (Å²) in [5.74, 6) is -0.123. The van der Waals surface area contributed by atoms with Crippen molar-refractivity contribution in [3.05, 3.63) is 34.9 Å². The third-order valence-corrected chi connectivity index (χ3v) is 6.29. The van der Waals surface area contributed by atoms with E-state index in [2.05, 4.69) is 0 Å². The van der Waals surface area contributed by atoms with E-state index in [9.17, 15) is 17.9 Å². The van der Waals surface area contributed by atoms with E-state index in [1.807, 2.05) is 0 Å². The molecule has 1 aliphatic rings. The molecule has 0 unspecified atom stereocenters. The molecule has 2 rings (SSSR count). The van der Waals surface area contributed by atoms with E-state index in [4.69, 9.17) is 11.6 Å². The molecular formula is C15H21ClFNO3S. The number of sulfonamides is 1. The number of aliphatic hydroxyl groups is 1. The van der Waals surface area contributed by atoms with Crippen LogP contribution in [0.25, 0.3) is 0 Å². The van der Waals surface area contributed by atoms with Gasteiger partial charge in [-0.15, -0.1) is 0 Å². The molecule has 22 heavy (non-hydrogen) atoms. The van der Waals surface area contributed by atoms with Crippen molar-refractivity contribution in [1.29, 1.82) is 0 Å². The van der Waals surface area contributed by atoms with Crippen LogP contribution >= 0.6 is 11.6 Å². The van der Waals surface area contributed by atoms with Gasteiger partial charge < -0.3 is 5.11 Å². The van der Waals surface area contributed by atoms with Crippen LogP contribution in [0.15, 0.2) is 24.3 Å². The van der Waals surface area contributed by atoms with Gasteiger partial charge in [0.05, 0.1) is 18.5 Å². The third-order valence-electron chi connectivity index (χ3n) is 4.09. The molecule has 1 aliphatic heterocycles. The molecule has 1 saturated heterocycles. The largest absolute Gasteiger partial charge is 0.388 e. The van der Waals surface area contributed by atoms with Crippen LogP contribution in [0.5, 0.6) is 0 Å². The van der Waals surface area contributed by atoms with E-state index >= 15 is 0 Å². The summed E-state index contributed by atoms with van der Waals surface area (Å²) in [5, 5.41) is 11.0. The number of hydrogen-bond donors (Lipinski definition) is 1. The number of rotatable bonds is 6. The van der Waals surface area contributed by atoms with Crippen molar-refractivity contribution in [3.63, 3.8) is 0 Å². The maximum absolute atomic E-state index is 12.1. The summed E-state index contributed by atoms with van der Waals surface area (Å²) in [5.41, 5.74) is 0.795. The van der Waals surface area contributed by atoms with Crippen molar-refractivity contribution in [1.82, 2.24) is 4.31 Å². The van der Waals surface area contributed by atoms with Crippen LogP contribution in [0.2, 0.25) is 5.02 Å². The molecule has 4 nitrogen and oxygen atoms in total.